The molecular weight excluding hydrogens is 356 g/mol. The molecule has 25 heavy (non-hydrogen) atoms. The molecule has 0 aliphatic carbocycles. The summed E-state index contributed by atoms with van der Waals surface area (Å²) in [6, 6.07) is 15.7. The molecule has 2 aromatic carbocycles. The number of para-hydroxylation sites is 1. The van der Waals surface area contributed by atoms with Crippen molar-refractivity contribution in [2.75, 3.05) is 5.32 Å². The third-order valence-electron chi connectivity index (χ3n) is 3.74. The maximum absolute atomic E-state index is 11.7. The Labute approximate surface area is 154 Å². The zero-order chi connectivity index (χ0) is 17.8. The number of nitrogens with one attached hydrogen (secondary N) is 1. The van der Waals surface area contributed by atoms with Gasteiger partial charge in [0.1, 0.15) is 10.5 Å². The van der Waals surface area contributed by atoms with Crippen molar-refractivity contribution in [3.8, 4) is 0 Å². The van der Waals surface area contributed by atoms with Gasteiger partial charge in [-0.2, -0.15) is 0 Å². The topological polar surface area (TPSA) is 79.3 Å². The molecule has 3 aromatic rings. The van der Waals surface area contributed by atoms with Crippen LogP contribution in [0.5, 0.6) is 0 Å². The zero-order valence-electron chi connectivity index (χ0n) is 13.2. The van der Waals surface area contributed by atoms with Crippen LogP contribution < -0.4 is 5.32 Å². The lowest BCUT2D eigenvalue weighted by Gasteiger charge is -2.07. The summed E-state index contributed by atoms with van der Waals surface area (Å²) in [5, 5.41) is 12.4. The van der Waals surface area contributed by atoms with Crippen LogP contribution in [0.15, 0.2) is 48.5 Å². The minimum absolute atomic E-state index is 0.311. The number of nitrogens with zero attached hydrogens (tertiary/aromatic N) is 1. The number of anilines is 1. The van der Waals surface area contributed by atoms with E-state index in [1.807, 2.05) is 48.5 Å². The molecule has 7 heteroatoms. The van der Waals surface area contributed by atoms with Crippen molar-refractivity contribution < 1.29 is 14.7 Å². The standard InChI is InChI=1S/C18H16N2O3S2/c21-15(22)9-12(18(23)24)17-20-16-13(7-4-8-14(16)25-17)19-10-11-5-2-1-3-6-11/h1-8,12,19H,9-10H2,(H,21,22)(H,23,24). The number of carbonyl (C=O) groups excluding carboxylic acids is 1. The summed E-state index contributed by atoms with van der Waals surface area (Å²) < 4.78 is 0.901. The fourth-order valence-electron chi connectivity index (χ4n) is 2.51. The van der Waals surface area contributed by atoms with Crippen LogP contribution in [0.3, 0.4) is 0 Å². The van der Waals surface area contributed by atoms with Crippen LogP contribution in [0.1, 0.15) is 22.9 Å². The van der Waals surface area contributed by atoms with E-state index in [9.17, 15) is 9.59 Å². The minimum atomic E-state index is -1.05. The lowest BCUT2D eigenvalue weighted by molar-refractivity contribution is -0.138. The van der Waals surface area contributed by atoms with E-state index in [2.05, 4.69) is 22.9 Å². The average molecular weight is 372 g/mol. The minimum Gasteiger partial charge on any atom is -0.481 e. The lowest BCUT2D eigenvalue weighted by Crippen LogP contribution is -2.12. The van der Waals surface area contributed by atoms with Crippen LogP contribution in [-0.4, -0.2) is 21.2 Å². The number of hydrogen-bond donors (Lipinski definition) is 3. The summed E-state index contributed by atoms with van der Waals surface area (Å²) in [7, 11) is 0. The van der Waals surface area contributed by atoms with Gasteiger partial charge in [0.05, 0.1) is 22.7 Å². The van der Waals surface area contributed by atoms with Gasteiger partial charge in [0.2, 0.25) is 0 Å². The number of carboxylic acid groups (broad SMARTS) is 1. The predicted molar refractivity (Wildman–Crippen MR) is 102 cm³/mol. The molecule has 1 heterocycles. The summed E-state index contributed by atoms with van der Waals surface area (Å²) in [5.41, 5.74) is 2.73. The lowest BCUT2D eigenvalue weighted by atomic mass is 10.1. The Morgan fingerprint density at radius 3 is 2.60 bits per heavy atom. The summed E-state index contributed by atoms with van der Waals surface area (Å²) in [5.74, 6) is -1.88. The van der Waals surface area contributed by atoms with Crippen LogP contribution in [0.4, 0.5) is 5.69 Å². The molecule has 128 valence electrons. The van der Waals surface area contributed by atoms with E-state index in [0.717, 1.165) is 21.5 Å². The Balaban J connectivity index is 1.89. The highest BCUT2D eigenvalue weighted by Crippen LogP contribution is 2.34. The van der Waals surface area contributed by atoms with Crippen LogP contribution >= 0.6 is 24.0 Å². The van der Waals surface area contributed by atoms with Crippen molar-refractivity contribution in [2.45, 2.75) is 18.9 Å². The molecule has 0 fully saturated rings. The Morgan fingerprint density at radius 1 is 1.16 bits per heavy atom. The van der Waals surface area contributed by atoms with E-state index < -0.39 is 17.0 Å². The number of thiol groups is 1. The number of carbonyl (C=O) groups is 2. The highest BCUT2D eigenvalue weighted by atomic mass is 32.1. The van der Waals surface area contributed by atoms with Crippen molar-refractivity contribution in [1.29, 1.82) is 0 Å². The highest BCUT2D eigenvalue weighted by molar-refractivity contribution is 7.96. The first kappa shape index (κ1) is 17.4. The number of carboxylic acids is 1. The van der Waals surface area contributed by atoms with Crippen LogP contribution in [-0.2, 0) is 16.1 Å². The number of hydrogen-bond acceptors (Lipinski definition) is 5. The summed E-state index contributed by atoms with van der Waals surface area (Å²) in [6.07, 6.45) is -0.311. The molecule has 3 rings (SSSR count). The molecule has 0 saturated carbocycles. The highest BCUT2D eigenvalue weighted by Gasteiger charge is 2.25. The number of benzene rings is 2. The van der Waals surface area contributed by atoms with Gasteiger partial charge in [-0.3, -0.25) is 9.59 Å². The molecule has 2 N–H and O–H groups in total. The van der Waals surface area contributed by atoms with Gasteiger partial charge in [-0.15, -0.1) is 24.0 Å². The quantitative estimate of drug-likeness (QED) is 0.548. The van der Waals surface area contributed by atoms with E-state index in [1.165, 1.54) is 11.3 Å². The van der Waals surface area contributed by atoms with E-state index in [0.29, 0.717) is 11.6 Å². The van der Waals surface area contributed by atoms with Gasteiger partial charge in [0, 0.05) is 6.54 Å². The molecule has 0 saturated heterocycles. The Morgan fingerprint density at radius 2 is 1.92 bits per heavy atom. The monoisotopic (exact) mass is 372 g/mol. The molecule has 0 spiro atoms. The molecule has 0 bridgehead atoms. The number of aromatic nitrogens is 1. The molecular formula is C18H16N2O3S2. The fourth-order valence-corrected chi connectivity index (χ4v) is 3.90. The number of fused-ring (bicyclic) bond motifs is 1. The van der Waals surface area contributed by atoms with Gasteiger partial charge in [-0.1, -0.05) is 36.4 Å². The SMILES string of the molecule is O=C(O)CC(C(=O)S)c1nc2c(NCc3ccccc3)cccc2s1. The maximum Gasteiger partial charge on any atom is 0.304 e. The number of thiazole rings is 1. The van der Waals surface area contributed by atoms with Crippen molar-refractivity contribution in [3.63, 3.8) is 0 Å². The Kier molecular flexibility index (Phi) is 5.35. The molecule has 5 nitrogen and oxygen atoms in total. The van der Waals surface area contributed by atoms with Gasteiger partial charge in [-0.25, -0.2) is 4.98 Å². The third kappa shape index (κ3) is 4.18. The molecule has 0 aliphatic heterocycles. The summed E-state index contributed by atoms with van der Waals surface area (Å²) in [4.78, 5) is 27.2. The van der Waals surface area contributed by atoms with Gasteiger partial charge >= 0.3 is 5.97 Å². The van der Waals surface area contributed by atoms with E-state index in [1.54, 1.807) is 0 Å². The third-order valence-corrected chi connectivity index (χ3v) is 5.18. The number of rotatable bonds is 7. The molecule has 1 aromatic heterocycles. The summed E-state index contributed by atoms with van der Waals surface area (Å²) >= 11 is 5.15. The molecule has 0 amide bonds. The molecule has 0 radical (unpaired) electrons. The second-order valence-corrected chi connectivity index (χ2v) is 7.04. The molecule has 1 unspecified atom stereocenters. The van der Waals surface area contributed by atoms with Crippen molar-refractivity contribution in [3.05, 3.63) is 59.1 Å². The largest absolute Gasteiger partial charge is 0.481 e. The van der Waals surface area contributed by atoms with E-state index >= 15 is 0 Å². The van der Waals surface area contributed by atoms with Gasteiger partial charge < -0.3 is 10.4 Å². The first-order chi connectivity index (χ1) is 12.0. The fraction of sp³-hybridized carbons (Fsp3) is 0.167. The van der Waals surface area contributed by atoms with Crippen molar-refractivity contribution in [2.24, 2.45) is 0 Å². The second-order valence-electron chi connectivity index (χ2n) is 5.53. The smallest absolute Gasteiger partial charge is 0.304 e. The van der Waals surface area contributed by atoms with Crippen LogP contribution in [0.2, 0.25) is 0 Å². The predicted octanol–water partition coefficient (Wildman–Crippen LogP) is 3.92. The van der Waals surface area contributed by atoms with E-state index in [-0.39, 0.29) is 6.42 Å². The first-order valence-electron chi connectivity index (χ1n) is 7.66. The molecule has 0 aliphatic rings. The normalized spacial score (nSPS) is 12.0. The zero-order valence-corrected chi connectivity index (χ0v) is 14.9. The van der Waals surface area contributed by atoms with Gasteiger partial charge in [0.25, 0.3) is 0 Å². The molecule has 1 atom stereocenters. The van der Waals surface area contributed by atoms with Crippen molar-refractivity contribution in [1.82, 2.24) is 4.98 Å². The summed E-state index contributed by atoms with van der Waals surface area (Å²) in [6.45, 7) is 0.650. The average Bonchev–Trinajstić information content (AvgIpc) is 3.02. The number of aliphatic carboxylic acids is 1. The van der Waals surface area contributed by atoms with Gasteiger partial charge in [-0.05, 0) is 17.7 Å². The van der Waals surface area contributed by atoms with Crippen molar-refractivity contribution >= 4 is 51.0 Å². The Bertz CT molecular complexity index is 909. The second kappa shape index (κ2) is 7.67. The van der Waals surface area contributed by atoms with Gasteiger partial charge in [0.15, 0.2) is 5.12 Å². The maximum atomic E-state index is 11.7. The van der Waals surface area contributed by atoms with Crippen LogP contribution in [0.25, 0.3) is 10.2 Å². The Hall–Kier alpha value is -2.38. The van der Waals surface area contributed by atoms with Crippen LogP contribution in [0, 0.1) is 0 Å². The van der Waals surface area contributed by atoms with E-state index in [4.69, 9.17) is 5.11 Å². The first-order valence-corrected chi connectivity index (χ1v) is 8.93.